The summed E-state index contributed by atoms with van der Waals surface area (Å²) in [7, 11) is 3.57. The molecule has 0 aliphatic rings. The van der Waals surface area contributed by atoms with E-state index in [1.165, 1.54) is 0 Å². The molecule has 2 aromatic heterocycles. The second-order valence-electron chi connectivity index (χ2n) is 4.97. The van der Waals surface area contributed by atoms with Gasteiger partial charge in [0.2, 0.25) is 5.82 Å². The van der Waals surface area contributed by atoms with Crippen molar-refractivity contribution < 1.29 is 4.84 Å². The quantitative estimate of drug-likeness (QED) is 0.547. The maximum absolute atomic E-state index is 5.50. The predicted octanol–water partition coefficient (Wildman–Crippen LogP) is 1.62. The third kappa shape index (κ3) is 3.54. The molecule has 0 unspecified atom stereocenters. The molecule has 0 saturated heterocycles. The molecule has 0 aliphatic heterocycles. The van der Waals surface area contributed by atoms with Crippen LogP contribution >= 0.6 is 0 Å². The second-order valence-corrected chi connectivity index (χ2v) is 4.97. The van der Waals surface area contributed by atoms with Crippen LogP contribution in [0.3, 0.4) is 0 Å². The van der Waals surface area contributed by atoms with Gasteiger partial charge in [-0.15, -0.1) is 5.10 Å². The van der Waals surface area contributed by atoms with Gasteiger partial charge in [-0.25, -0.2) is 9.67 Å². The Bertz CT molecular complexity index is 829. The number of rotatable bonds is 6. The van der Waals surface area contributed by atoms with Gasteiger partial charge < -0.3 is 10.2 Å². The highest BCUT2D eigenvalue weighted by Gasteiger charge is 2.14. The van der Waals surface area contributed by atoms with Crippen molar-refractivity contribution in [2.24, 2.45) is 12.2 Å². The third-order valence-electron chi connectivity index (χ3n) is 3.31. The number of hydrogen-bond donors (Lipinski definition) is 1. The van der Waals surface area contributed by atoms with Crippen molar-refractivity contribution in [1.29, 1.82) is 0 Å². The molecular formula is C16H17N7O. The smallest absolute Gasteiger partial charge is 0.204 e. The van der Waals surface area contributed by atoms with Crippen LogP contribution in [0.5, 0.6) is 0 Å². The van der Waals surface area contributed by atoms with E-state index in [4.69, 9.17) is 4.84 Å². The molecule has 8 heteroatoms. The Morgan fingerprint density at radius 2 is 2.00 bits per heavy atom. The summed E-state index contributed by atoms with van der Waals surface area (Å²) in [6.45, 7) is 0.247. The number of anilines is 1. The molecular weight excluding hydrogens is 306 g/mol. The van der Waals surface area contributed by atoms with Gasteiger partial charge in [0.25, 0.3) is 0 Å². The van der Waals surface area contributed by atoms with Crippen molar-refractivity contribution in [3.8, 4) is 0 Å². The molecule has 2 heterocycles. The number of aryl methyl sites for hydroxylation is 1. The second kappa shape index (κ2) is 7.32. The molecule has 0 spiro atoms. The number of benzene rings is 1. The zero-order chi connectivity index (χ0) is 16.8. The monoisotopic (exact) mass is 323 g/mol. The van der Waals surface area contributed by atoms with Crippen LogP contribution in [0.15, 0.2) is 53.7 Å². The summed E-state index contributed by atoms with van der Waals surface area (Å²) < 4.78 is 1.55. The fraction of sp³-hybridized carbons (Fsp3) is 0.188. The fourth-order valence-electron chi connectivity index (χ4n) is 2.11. The van der Waals surface area contributed by atoms with Gasteiger partial charge >= 0.3 is 0 Å². The van der Waals surface area contributed by atoms with Gasteiger partial charge in [0.1, 0.15) is 5.82 Å². The summed E-state index contributed by atoms with van der Waals surface area (Å²) in [6, 6.07) is 15.3. The number of aromatic nitrogens is 5. The molecule has 3 aromatic rings. The lowest BCUT2D eigenvalue weighted by Gasteiger charge is -2.06. The lowest BCUT2D eigenvalue weighted by molar-refractivity contribution is 0.128. The van der Waals surface area contributed by atoms with E-state index in [0.29, 0.717) is 11.5 Å². The Balaban J connectivity index is 1.83. The Morgan fingerprint density at radius 3 is 2.71 bits per heavy atom. The normalized spacial score (nSPS) is 11.3. The summed E-state index contributed by atoms with van der Waals surface area (Å²) in [4.78, 5) is 9.89. The molecule has 0 fully saturated rings. The van der Waals surface area contributed by atoms with Gasteiger partial charge in [0.05, 0.1) is 5.69 Å². The van der Waals surface area contributed by atoms with E-state index in [0.717, 1.165) is 17.1 Å². The van der Waals surface area contributed by atoms with E-state index in [-0.39, 0.29) is 6.61 Å². The molecule has 0 aliphatic carbocycles. The molecule has 8 nitrogen and oxygen atoms in total. The van der Waals surface area contributed by atoms with Crippen LogP contribution in [-0.4, -0.2) is 38.0 Å². The number of nitrogens with one attached hydrogen (secondary N) is 1. The van der Waals surface area contributed by atoms with Crippen molar-refractivity contribution in [2.75, 3.05) is 12.4 Å². The zero-order valence-electron chi connectivity index (χ0n) is 13.4. The molecule has 0 radical (unpaired) electrons. The molecule has 24 heavy (non-hydrogen) atoms. The highest BCUT2D eigenvalue weighted by Crippen LogP contribution is 2.10. The van der Waals surface area contributed by atoms with E-state index in [2.05, 4.69) is 31.0 Å². The van der Waals surface area contributed by atoms with Gasteiger partial charge in [-0.1, -0.05) is 41.6 Å². The minimum absolute atomic E-state index is 0.247. The molecule has 0 saturated carbocycles. The molecule has 1 N–H and O–H groups in total. The SMILES string of the molecule is CNc1cccc(CO/N=C(/c2ccccc2)c2nnnn2C)n1. The summed E-state index contributed by atoms with van der Waals surface area (Å²) in [6.07, 6.45) is 0. The van der Waals surface area contributed by atoms with Crippen molar-refractivity contribution in [3.05, 3.63) is 65.6 Å². The van der Waals surface area contributed by atoms with Crippen LogP contribution in [0, 0.1) is 0 Å². The van der Waals surface area contributed by atoms with Gasteiger partial charge in [-0.05, 0) is 22.6 Å². The Hall–Kier alpha value is -3.29. The average Bonchev–Trinajstić information content (AvgIpc) is 3.05. The van der Waals surface area contributed by atoms with E-state index >= 15 is 0 Å². The molecule has 0 amide bonds. The Kier molecular flexibility index (Phi) is 4.76. The van der Waals surface area contributed by atoms with E-state index in [1.54, 1.807) is 11.7 Å². The standard InChI is InChI=1S/C16H17N7O/c1-17-14-10-6-9-13(18-14)11-24-20-15(12-7-4-3-5-8-12)16-19-21-22-23(16)2/h3-10H,11H2,1-2H3,(H,17,18)/b20-15-. The molecule has 1 aromatic carbocycles. The van der Waals surface area contributed by atoms with Crippen LogP contribution < -0.4 is 5.32 Å². The average molecular weight is 323 g/mol. The summed E-state index contributed by atoms with van der Waals surface area (Å²) in [5.41, 5.74) is 2.20. The maximum atomic E-state index is 5.50. The first-order chi connectivity index (χ1) is 11.8. The first-order valence-corrected chi connectivity index (χ1v) is 7.39. The minimum atomic E-state index is 0.247. The van der Waals surface area contributed by atoms with Crippen LogP contribution in [-0.2, 0) is 18.5 Å². The first-order valence-electron chi connectivity index (χ1n) is 7.39. The van der Waals surface area contributed by atoms with E-state index in [1.807, 2.05) is 55.6 Å². The third-order valence-corrected chi connectivity index (χ3v) is 3.31. The number of oxime groups is 1. The number of tetrazole rings is 1. The van der Waals surface area contributed by atoms with E-state index < -0.39 is 0 Å². The zero-order valence-corrected chi connectivity index (χ0v) is 13.4. The molecule has 3 rings (SSSR count). The molecule has 0 bridgehead atoms. The highest BCUT2D eigenvalue weighted by atomic mass is 16.6. The lowest BCUT2D eigenvalue weighted by atomic mass is 10.1. The largest absolute Gasteiger partial charge is 0.389 e. The van der Waals surface area contributed by atoms with Crippen molar-refractivity contribution in [3.63, 3.8) is 0 Å². The van der Waals surface area contributed by atoms with Crippen LogP contribution in [0.2, 0.25) is 0 Å². The van der Waals surface area contributed by atoms with Crippen LogP contribution in [0.25, 0.3) is 0 Å². The summed E-state index contributed by atoms with van der Waals surface area (Å²) in [5.74, 6) is 1.30. The van der Waals surface area contributed by atoms with Gasteiger partial charge in [0, 0.05) is 19.7 Å². The van der Waals surface area contributed by atoms with Crippen molar-refractivity contribution >= 4 is 11.5 Å². The predicted molar refractivity (Wildman–Crippen MR) is 89.5 cm³/mol. The number of nitrogens with zero attached hydrogens (tertiary/aromatic N) is 6. The molecule has 0 atom stereocenters. The molecule has 122 valence electrons. The van der Waals surface area contributed by atoms with E-state index in [9.17, 15) is 0 Å². The van der Waals surface area contributed by atoms with Crippen molar-refractivity contribution in [2.45, 2.75) is 6.61 Å². The number of pyridine rings is 1. The Morgan fingerprint density at radius 1 is 1.17 bits per heavy atom. The highest BCUT2D eigenvalue weighted by molar-refractivity contribution is 6.10. The summed E-state index contributed by atoms with van der Waals surface area (Å²) >= 11 is 0. The lowest BCUT2D eigenvalue weighted by Crippen LogP contribution is -2.12. The fourth-order valence-corrected chi connectivity index (χ4v) is 2.11. The topological polar surface area (TPSA) is 90.1 Å². The number of hydrogen-bond acceptors (Lipinski definition) is 7. The summed E-state index contributed by atoms with van der Waals surface area (Å²) in [5, 5.41) is 18.8. The minimum Gasteiger partial charge on any atom is -0.389 e. The van der Waals surface area contributed by atoms with Crippen LogP contribution in [0.4, 0.5) is 5.82 Å². The van der Waals surface area contributed by atoms with Gasteiger partial charge in [0.15, 0.2) is 12.3 Å². The first kappa shape index (κ1) is 15.6. The van der Waals surface area contributed by atoms with Gasteiger partial charge in [-0.3, -0.25) is 0 Å². The maximum Gasteiger partial charge on any atom is 0.204 e. The Labute approximate surface area is 139 Å². The van der Waals surface area contributed by atoms with Gasteiger partial charge in [-0.2, -0.15) is 0 Å². The van der Waals surface area contributed by atoms with Crippen molar-refractivity contribution in [1.82, 2.24) is 25.2 Å². The van der Waals surface area contributed by atoms with Crippen LogP contribution in [0.1, 0.15) is 17.1 Å².